The van der Waals surface area contributed by atoms with E-state index in [9.17, 15) is 0 Å². The first kappa shape index (κ1) is 41.1. The summed E-state index contributed by atoms with van der Waals surface area (Å²) in [5.74, 6) is 0. The van der Waals surface area contributed by atoms with E-state index in [1.807, 2.05) is 0 Å². The van der Waals surface area contributed by atoms with Gasteiger partial charge in [-0.1, -0.05) is 107 Å². The maximum atomic E-state index is 3.12. The Morgan fingerprint density at radius 3 is 0.763 bits per heavy atom. The van der Waals surface area contributed by atoms with E-state index in [1.165, 1.54) is 155 Å². The summed E-state index contributed by atoms with van der Waals surface area (Å²) < 4.78 is 12.2. The molecule has 0 radical (unpaired) electrons. The molecule has 0 aliphatic heterocycles. The lowest BCUT2D eigenvalue weighted by Crippen LogP contribution is -3.00. The number of hydrogen-bond acceptors (Lipinski definition) is 4. The van der Waals surface area contributed by atoms with Crippen LogP contribution in [0.1, 0.15) is 158 Å². The number of unbranched alkanes of at least 4 members (excludes halogenated alkanes) is 8. The first-order chi connectivity index (χ1) is 18.1. The Bertz CT molecular complexity index is 410. The molecule has 0 aromatic heterocycles. The van der Waals surface area contributed by atoms with Gasteiger partial charge in [0, 0.05) is 52.4 Å². The van der Waals surface area contributed by atoms with Crippen molar-refractivity contribution in [2.45, 2.75) is 158 Å². The Hall–Kier alpha value is 1.00. The Morgan fingerprint density at radius 1 is 0.289 bits per heavy atom. The molecule has 0 rings (SSSR count). The summed E-state index contributed by atoms with van der Waals surface area (Å²) in [5, 5.41) is 0. The molecule has 0 bridgehead atoms. The van der Waals surface area contributed by atoms with Gasteiger partial charge in [0.05, 0.1) is 0 Å². The first-order valence-corrected chi connectivity index (χ1v) is 18.6. The van der Waals surface area contributed by atoms with Gasteiger partial charge in [-0.15, -0.1) is 18.7 Å². The van der Waals surface area contributed by atoms with Crippen molar-refractivity contribution in [2.24, 2.45) is 0 Å². The van der Waals surface area contributed by atoms with Crippen molar-refractivity contribution in [1.82, 2.24) is 18.7 Å². The number of nitrogens with zero attached hydrogens (tertiary/aromatic N) is 4. The number of rotatable bonds is 28. The maximum absolute atomic E-state index is 3.12. The fourth-order valence-corrected chi connectivity index (χ4v) is 11.7. The molecule has 0 amide bonds. The van der Waals surface area contributed by atoms with Crippen molar-refractivity contribution in [3.63, 3.8) is 0 Å². The SMILES string of the molecule is CCCCCCCN(CCCCCCC)[P+](N(CCC)CCC)(N(CCC)CCC)N(CCC)CCC.[I-]. The van der Waals surface area contributed by atoms with Gasteiger partial charge >= 0.3 is 7.87 Å². The van der Waals surface area contributed by atoms with E-state index < -0.39 is 7.87 Å². The van der Waals surface area contributed by atoms with Crippen LogP contribution in [0.25, 0.3) is 0 Å². The summed E-state index contributed by atoms with van der Waals surface area (Å²) in [6, 6.07) is 0. The molecule has 0 heterocycles. The van der Waals surface area contributed by atoms with Crippen molar-refractivity contribution in [3.8, 4) is 0 Å². The molecule has 0 unspecified atom stereocenters. The minimum Gasteiger partial charge on any atom is -1.00 e. The molecule has 232 valence electrons. The molecule has 6 heteroatoms. The molecule has 38 heavy (non-hydrogen) atoms. The van der Waals surface area contributed by atoms with Crippen LogP contribution in [0, 0.1) is 0 Å². The van der Waals surface area contributed by atoms with Crippen molar-refractivity contribution < 1.29 is 24.0 Å². The van der Waals surface area contributed by atoms with Crippen LogP contribution in [-0.2, 0) is 0 Å². The molecule has 0 spiro atoms. The van der Waals surface area contributed by atoms with E-state index in [-0.39, 0.29) is 24.0 Å². The van der Waals surface area contributed by atoms with Crippen LogP contribution < -0.4 is 24.0 Å². The van der Waals surface area contributed by atoms with E-state index in [0.717, 1.165) is 0 Å². The number of halogens is 1. The van der Waals surface area contributed by atoms with E-state index in [2.05, 4.69) is 74.1 Å². The Kier molecular flexibility index (Phi) is 30.5. The fraction of sp³-hybridized carbons (Fsp3) is 1.00. The Morgan fingerprint density at radius 2 is 0.526 bits per heavy atom. The highest BCUT2D eigenvalue weighted by molar-refractivity contribution is 7.66. The molecule has 0 aromatic carbocycles. The van der Waals surface area contributed by atoms with Crippen molar-refractivity contribution in [3.05, 3.63) is 0 Å². The molecule has 0 aromatic rings. The third-order valence-corrected chi connectivity index (χ3v) is 12.1. The highest BCUT2D eigenvalue weighted by atomic mass is 127. The van der Waals surface area contributed by atoms with Crippen LogP contribution >= 0.6 is 7.87 Å². The van der Waals surface area contributed by atoms with Crippen molar-refractivity contribution in [2.75, 3.05) is 52.4 Å². The minimum atomic E-state index is -1.81. The van der Waals surface area contributed by atoms with Crippen LogP contribution in [0.4, 0.5) is 0 Å². The zero-order valence-corrected chi connectivity index (χ0v) is 30.6. The average Bonchev–Trinajstić information content (AvgIpc) is 2.89. The average molecular weight is 671 g/mol. The summed E-state index contributed by atoms with van der Waals surface area (Å²) in [6.45, 7) is 29.1. The van der Waals surface area contributed by atoms with Gasteiger partial charge in [-0.2, -0.15) is 0 Å². The van der Waals surface area contributed by atoms with Gasteiger partial charge < -0.3 is 24.0 Å². The van der Waals surface area contributed by atoms with Gasteiger partial charge in [0.15, 0.2) is 0 Å². The highest BCUT2D eigenvalue weighted by Gasteiger charge is 2.59. The zero-order valence-electron chi connectivity index (χ0n) is 27.6. The molecule has 0 saturated carbocycles. The van der Waals surface area contributed by atoms with Gasteiger partial charge in [-0.25, -0.2) is 0 Å². The van der Waals surface area contributed by atoms with Gasteiger partial charge in [-0.05, 0) is 51.4 Å². The predicted octanol–water partition coefficient (Wildman–Crippen LogP) is 7.28. The third kappa shape index (κ3) is 14.8. The van der Waals surface area contributed by atoms with Crippen LogP contribution in [-0.4, -0.2) is 71.0 Å². The topological polar surface area (TPSA) is 13.0 Å². The lowest BCUT2D eigenvalue weighted by Gasteiger charge is -2.52. The van der Waals surface area contributed by atoms with Gasteiger partial charge in [0.1, 0.15) is 0 Å². The maximum Gasteiger partial charge on any atom is 0.308 e. The van der Waals surface area contributed by atoms with Crippen molar-refractivity contribution in [1.29, 1.82) is 0 Å². The molecule has 0 aliphatic rings. The van der Waals surface area contributed by atoms with Gasteiger partial charge in [0.2, 0.25) is 0 Å². The van der Waals surface area contributed by atoms with Gasteiger partial charge in [-0.3, -0.25) is 0 Å². The summed E-state index contributed by atoms with van der Waals surface area (Å²) in [7, 11) is -1.81. The van der Waals surface area contributed by atoms with E-state index in [1.54, 1.807) is 0 Å². The molecule has 0 fully saturated rings. The summed E-state index contributed by atoms with van der Waals surface area (Å²) in [5.41, 5.74) is 0. The van der Waals surface area contributed by atoms with E-state index >= 15 is 0 Å². The third-order valence-electron chi connectivity index (χ3n) is 7.45. The first-order valence-electron chi connectivity index (χ1n) is 17.0. The monoisotopic (exact) mass is 670 g/mol. The Balaban J connectivity index is 0. The van der Waals surface area contributed by atoms with Crippen molar-refractivity contribution >= 4 is 7.87 Å². The lowest BCUT2D eigenvalue weighted by atomic mass is 10.1. The highest BCUT2D eigenvalue weighted by Crippen LogP contribution is 2.70. The predicted molar refractivity (Wildman–Crippen MR) is 172 cm³/mol. The lowest BCUT2D eigenvalue weighted by molar-refractivity contribution is -0.00000879. The van der Waals surface area contributed by atoms with Gasteiger partial charge in [0.25, 0.3) is 0 Å². The quantitative estimate of drug-likeness (QED) is 0.0493. The standard InChI is InChI=1S/C32H72N4P.HI/c1-9-17-19-21-23-31-36(32-24-22-20-18-10-2)37(33(25-11-3)26-12-4,34(27-13-5)28-14-6)35(29-15-7)30-16-8;/h9-32H2,1-8H3;1H/q+1;/p-1. The number of hydrogen-bond donors (Lipinski definition) is 0. The summed E-state index contributed by atoms with van der Waals surface area (Å²) in [4.78, 5) is 0. The molecule has 0 saturated heterocycles. The molecule has 4 nitrogen and oxygen atoms in total. The van der Waals surface area contributed by atoms with E-state index in [0.29, 0.717) is 0 Å². The van der Waals surface area contributed by atoms with Crippen LogP contribution in [0.3, 0.4) is 0 Å². The molecule has 0 N–H and O–H groups in total. The molecular weight excluding hydrogens is 598 g/mol. The largest absolute Gasteiger partial charge is 1.00 e. The second-order valence-corrected chi connectivity index (χ2v) is 14.5. The molecule has 0 aliphatic carbocycles. The van der Waals surface area contributed by atoms with E-state index in [4.69, 9.17) is 0 Å². The fourth-order valence-electron chi connectivity index (χ4n) is 5.94. The molecular formula is C32H72IN4P. The second kappa shape index (κ2) is 28.1. The summed E-state index contributed by atoms with van der Waals surface area (Å²) >= 11 is 0. The smallest absolute Gasteiger partial charge is 0.308 e. The van der Waals surface area contributed by atoms with Crippen LogP contribution in [0.2, 0.25) is 0 Å². The molecule has 0 atom stereocenters. The zero-order chi connectivity index (χ0) is 27.8. The second-order valence-electron chi connectivity index (χ2n) is 11.2. The Labute approximate surface area is 260 Å². The normalized spacial score (nSPS) is 12.3. The van der Waals surface area contributed by atoms with Crippen LogP contribution in [0.15, 0.2) is 0 Å². The minimum absolute atomic E-state index is 0. The van der Waals surface area contributed by atoms with Crippen LogP contribution in [0.5, 0.6) is 0 Å². The summed E-state index contributed by atoms with van der Waals surface area (Å²) in [6.07, 6.45) is 21.3.